The number of hydrogen-bond acceptors (Lipinski definition) is 5. The average Bonchev–Trinajstić information content (AvgIpc) is 3.07. The van der Waals surface area contributed by atoms with Crippen LogP contribution in [0.5, 0.6) is 0 Å². The van der Waals surface area contributed by atoms with Crippen LogP contribution in [-0.4, -0.2) is 32.3 Å². The van der Waals surface area contributed by atoms with Gasteiger partial charge in [-0.05, 0) is 43.7 Å². The molecular weight excluding hydrogens is 464 g/mol. The zero-order valence-corrected chi connectivity index (χ0v) is 17.2. The lowest BCUT2D eigenvalue weighted by Crippen LogP contribution is -2.10. The van der Waals surface area contributed by atoms with Crippen molar-refractivity contribution < 1.29 is 31.1 Å². The van der Waals surface area contributed by atoms with Gasteiger partial charge >= 0.3 is 12.4 Å². The maximum Gasteiger partial charge on any atom is 0.435 e. The Morgan fingerprint density at radius 3 is 2.25 bits per heavy atom. The molecule has 0 radical (unpaired) electrons. The molecule has 0 unspecified atom stereocenters. The van der Waals surface area contributed by atoms with Crippen molar-refractivity contribution in [3.05, 3.63) is 52.9 Å². The minimum atomic E-state index is -5.04. The van der Waals surface area contributed by atoms with E-state index in [9.17, 15) is 26.3 Å². The SMILES string of the molecule is CC(C)O/C=N/c1c(-c2cc(Cl)cc(C(F)(F)F)c2)c(C(F)(F)F)nn1-c1ncccn1. The zero-order valence-electron chi connectivity index (χ0n) is 16.4. The first-order chi connectivity index (χ1) is 14.9. The van der Waals surface area contributed by atoms with Crippen molar-refractivity contribution in [1.82, 2.24) is 19.7 Å². The highest BCUT2D eigenvalue weighted by Gasteiger charge is 2.41. The van der Waals surface area contributed by atoms with Crippen LogP contribution in [0.25, 0.3) is 17.1 Å². The maximum atomic E-state index is 13.9. The van der Waals surface area contributed by atoms with Crippen LogP contribution in [0.2, 0.25) is 5.02 Å². The summed E-state index contributed by atoms with van der Waals surface area (Å²) < 4.78 is 87.3. The summed E-state index contributed by atoms with van der Waals surface area (Å²) in [5, 5.41) is 3.10. The summed E-state index contributed by atoms with van der Waals surface area (Å²) in [4.78, 5) is 11.6. The van der Waals surface area contributed by atoms with Crippen molar-refractivity contribution in [3.63, 3.8) is 0 Å². The molecule has 2 heterocycles. The fourth-order valence-corrected chi connectivity index (χ4v) is 2.87. The molecule has 0 amide bonds. The van der Waals surface area contributed by atoms with E-state index < -0.39 is 45.6 Å². The number of hydrogen-bond donors (Lipinski definition) is 0. The zero-order chi connectivity index (χ0) is 23.7. The van der Waals surface area contributed by atoms with E-state index in [0.717, 1.165) is 12.5 Å². The summed E-state index contributed by atoms with van der Waals surface area (Å²) in [6.45, 7) is 3.30. The third kappa shape index (κ3) is 5.18. The van der Waals surface area contributed by atoms with Crippen LogP contribution in [0.4, 0.5) is 32.2 Å². The van der Waals surface area contributed by atoms with Crippen LogP contribution >= 0.6 is 11.6 Å². The third-order valence-corrected chi connectivity index (χ3v) is 4.11. The van der Waals surface area contributed by atoms with E-state index in [-0.39, 0.29) is 12.1 Å². The summed E-state index contributed by atoms with van der Waals surface area (Å²) in [6, 6.07) is 3.53. The molecule has 0 spiro atoms. The van der Waals surface area contributed by atoms with Crippen molar-refractivity contribution in [2.45, 2.75) is 32.3 Å². The molecule has 2 aromatic heterocycles. The molecule has 0 aliphatic carbocycles. The summed E-state index contributed by atoms with van der Waals surface area (Å²) in [7, 11) is 0. The average molecular weight is 478 g/mol. The molecule has 32 heavy (non-hydrogen) atoms. The molecule has 13 heteroatoms. The van der Waals surface area contributed by atoms with Crippen LogP contribution in [0.1, 0.15) is 25.1 Å². The van der Waals surface area contributed by atoms with Gasteiger partial charge < -0.3 is 4.74 Å². The molecule has 0 aliphatic heterocycles. The lowest BCUT2D eigenvalue weighted by Gasteiger charge is -2.12. The Balaban J connectivity index is 2.36. The maximum absolute atomic E-state index is 13.9. The number of ether oxygens (including phenoxy) is 1. The predicted octanol–water partition coefficient (Wildman–Crippen LogP) is 6.11. The Kier molecular flexibility index (Phi) is 6.44. The number of aromatic nitrogens is 4. The van der Waals surface area contributed by atoms with E-state index in [1.54, 1.807) is 13.8 Å². The van der Waals surface area contributed by atoms with Crippen LogP contribution in [0.15, 0.2) is 41.7 Å². The Bertz CT molecular complexity index is 1130. The van der Waals surface area contributed by atoms with Gasteiger partial charge in [-0.25, -0.2) is 15.0 Å². The summed E-state index contributed by atoms with van der Waals surface area (Å²) in [5.41, 5.74) is -3.94. The molecule has 0 N–H and O–H groups in total. The highest BCUT2D eigenvalue weighted by atomic mass is 35.5. The second-order valence-electron chi connectivity index (χ2n) is 6.65. The molecule has 0 saturated carbocycles. The molecule has 1 aromatic carbocycles. The fourth-order valence-electron chi connectivity index (χ4n) is 2.63. The standard InChI is InChI=1S/C19H14ClF6N5O/c1-10(2)32-9-29-16-14(11-6-12(18(21,22)23)8-13(20)7-11)15(19(24,25)26)30-31(16)17-27-4-3-5-28-17/h3-10H,1-2H3/b29-9+. The monoisotopic (exact) mass is 477 g/mol. The van der Waals surface area contributed by atoms with E-state index >= 15 is 0 Å². The highest BCUT2D eigenvalue weighted by Crippen LogP contribution is 2.44. The summed E-state index contributed by atoms with van der Waals surface area (Å²) in [5.74, 6) is -0.765. The molecule has 3 aromatic rings. The van der Waals surface area contributed by atoms with Crippen LogP contribution < -0.4 is 0 Å². The summed E-state index contributed by atoms with van der Waals surface area (Å²) in [6.07, 6.45) is -6.86. The number of halogens is 7. The van der Waals surface area contributed by atoms with Gasteiger partial charge in [0.05, 0.1) is 17.2 Å². The number of nitrogens with zero attached hydrogens (tertiary/aromatic N) is 5. The lowest BCUT2D eigenvalue weighted by molar-refractivity contribution is -0.140. The molecule has 0 saturated heterocycles. The highest BCUT2D eigenvalue weighted by molar-refractivity contribution is 6.31. The molecule has 0 aliphatic rings. The quantitative estimate of drug-likeness (QED) is 0.253. The van der Waals surface area contributed by atoms with Gasteiger partial charge in [-0.2, -0.15) is 36.1 Å². The van der Waals surface area contributed by atoms with E-state index in [1.165, 1.54) is 18.5 Å². The first-order valence-electron chi connectivity index (χ1n) is 8.91. The molecular formula is C19H14ClF6N5O. The molecule has 170 valence electrons. The van der Waals surface area contributed by atoms with Crippen molar-refractivity contribution >= 4 is 23.8 Å². The predicted molar refractivity (Wildman–Crippen MR) is 104 cm³/mol. The Labute approximate surface area is 182 Å². The van der Waals surface area contributed by atoms with Gasteiger partial charge in [-0.15, -0.1) is 0 Å². The Hall–Kier alpha value is -3.15. The van der Waals surface area contributed by atoms with Gasteiger partial charge in [0.25, 0.3) is 5.95 Å². The van der Waals surface area contributed by atoms with Gasteiger partial charge in [-0.3, -0.25) is 0 Å². The van der Waals surface area contributed by atoms with Crippen LogP contribution in [-0.2, 0) is 17.1 Å². The first-order valence-corrected chi connectivity index (χ1v) is 9.29. The Morgan fingerprint density at radius 2 is 1.69 bits per heavy atom. The second-order valence-corrected chi connectivity index (χ2v) is 7.09. The van der Waals surface area contributed by atoms with E-state index in [0.29, 0.717) is 16.8 Å². The lowest BCUT2D eigenvalue weighted by atomic mass is 10.0. The number of rotatable bonds is 5. The van der Waals surface area contributed by atoms with E-state index in [2.05, 4.69) is 20.1 Å². The van der Waals surface area contributed by atoms with Gasteiger partial charge in [0.2, 0.25) is 0 Å². The van der Waals surface area contributed by atoms with Gasteiger partial charge in [0.1, 0.15) is 0 Å². The van der Waals surface area contributed by atoms with Crippen molar-refractivity contribution in [2.24, 2.45) is 4.99 Å². The molecule has 3 rings (SSSR count). The van der Waals surface area contributed by atoms with Crippen molar-refractivity contribution in [3.8, 4) is 17.1 Å². The topological polar surface area (TPSA) is 65.2 Å². The Morgan fingerprint density at radius 1 is 1.03 bits per heavy atom. The first kappa shape index (κ1) is 23.5. The molecule has 0 bridgehead atoms. The molecule has 6 nitrogen and oxygen atoms in total. The van der Waals surface area contributed by atoms with Crippen LogP contribution in [0, 0.1) is 0 Å². The number of benzene rings is 1. The van der Waals surface area contributed by atoms with E-state index in [1.807, 2.05) is 0 Å². The normalized spacial score (nSPS) is 12.7. The largest absolute Gasteiger partial charge is 0.480 e. The number of aliphatic imine (C=N–C) groups is 1. The smallest absolute Gasteiger partial charge is 0.435 e. The third-order valence-electron chi connectivity index (χ3n) is 3.89. The van der Waals surface area contributed by atoms with Crippen molar-refractivity contribution in [1.29, 1.82) is 0 Å². The fraction of sp³-hybridized carbons (Fsp3) is 0.263. The van der Waals surface area contributed by atoms with E-state index in [4.69, 9.17) is 16.3 Å². The second kappa shape index (κ2) is 8.77. The summed E-state index contributed by atoms with van der Waals surface area (Å²) >= 11 is 5.80. The van der Waals surface area contributed by atoms with Crippen molar-refractivity contribution in [2.75, 3.05) is 0 Å². The van der Waals surface area contributed by atoms with Gasteiger partial charge in [0.15, 0.2) is 17.9 Å². The van der Waals surface area contributed by atoms with Gasteiger partial charge in [-0.1, -0.05) is 11.6 Å². The minimum Gasteiger partial charge on any atom is -0.480 e. The molecule has 0 atom stereocenters. The van der Waals surface area contributed by atoms with Gasteiger partial charge in [0, 0.05) is 17.4 Å². The minimum absolute atomic E-state index is 0.279. The van der Waals surface area contributed by atoms with Crippen LogP contribution in [0.3, 0.4) is 0 Å². The molecule has 0 fully saturated rings. The number of alkyl halides is 6.